The third kappa shape index (κ3) is 2.16. The van der Waals surface area contributed by atoms with Gasteiger partial charge in [0.1, 0.15) is 5.82 Å². The lowest BCUT2D eigenvalue weighted by Crippen LogP contribution is -2.28. The van der Waals surface area contributed by atoms with Crippen LogP contribution in [0.25, 0.3) is 0 Å². The standard InChI is InChI=1S/C13H15FN2/c1-16(12-4-2-3-5-12)13-7-10(9-15)6-11(14)8-13/h6-8,12H,2-5H2,1H3. The second kappa shape index (κ2) is 4.52. The number of benzene rings is 1. The molecule has 2 nitrogen and oxygen atoms in total. The maximum atomic E-state index is 13.3. The second-order valence-corrected chi connectivity index (χ2v) is 4.36. The van der Waals surface area contributed by atoms with Gasteiger partial charge in [0.05, 0.1) is 11.6 Å². The summed E-state index contributed by atoms with van der Waals surface area (Å²) in [6, 6.07) is 7.00. The van der Waals surface area contributed by atoms with Crippen molar-refractivity contribution in [2.24, 2.45) is 0 Å². The summed E-state index contributed by atoms with van der Waals surface area (Å²) in [7, 11) is 1.98. The Morgan fingerprint density at radius 3 is 2.62 bits per heavy atom. The minimum atomic E-state index is -0.334. The maximum Gasteiger partial charge on any atom is 0.126 e. The van der Waals surface area contributed by atoms with Gasteiger partial charge < -0.3 is 4.90 Å². The Labute approximate surface area is 95.3 Å². The summed E-state index contributed by atoms with van der Waals surface area (Å²) in [4.78, 5) is 2.09. The molecule has 0 saturated heterocycles. The molecule has 1 aromatic rings. The first kappa shape index (κ1) is 10.9. The van der Waals surface area contributed by atoms with Gasteiger partial charge >= 0.3 is 0 Å². The van der Waals surface area contributed by atoms with E-state index in [9.17, 15) is 4.39 Å². The van der Waals surface area contributed by atoms with Crippen LogP contribution in [0.15, 0.2) is 18.2 Å². The van der Waals surface area contributed by atoms with Gasteiger partial charge in [0.25, 0.3) is 0 Å². The molecular weight excluding hydrogens is 203 g/mol. The van der Waals surface area contributed by atoms with Crippen molar-refractivity contribution in [3.05, 3.63) is 29.6 Å². The molecule has 0 heterocycles. The zero-order valence-electron chi connectivity index (χ0n) is 9.41. The van der Waals surface area contributed by atoms with Crippen molar-refractivity contribution >= 4 is 5.69 Å². The van der Waals surface area contributed by atoms with Gasteiger partial charge in [-0.15, -0.1) is 0 Å². The second-order valence-electron chi connectivity index (χ2n) is 4.36. The van der Waals surface area contributed by atoms with Crippen LogP contribution in [-0.2, 0) is 0 Å². The number of anilines is 1. The molecule has 0 aromatic heterocycles. The van der Waals surface area contributed by atoms with E-state index in [1.54, 1.807) is 6.07 Å². The van der Waals surface area contributed by atoms with Crippen LogP contribution in [0, 0.1) is 17.1 Å². The van der Waals surface area contributed by atoms with E-state index in [2.05, 4.69) is 4.90 Å². The summed E-state index contributed by atoms with van der Waals surface area (Å²) in [6.45, 7) is 0. The van der Waals surface area contributed by atoms with E-state index in [0.29, 0.717) is 11.6 Å². The molecule has 0 bridgehead atoms. The summed E-state index contributed by atoms with van der Waals surface area (Å²) < 4.78 is 13.3. The van der Waals surface area contributed by atoms with Crippen molar-refractivity contribution in [2.45, 2.75) is 31.7 Å². The van der Waals surface area contributed by atoms with Crippen LogP contribution in [0.2, 0.25) is 0 Å². The van der Waals surface area contributed by atoms with Crippen LogP contribution in [0.4, 0.5) is 10.1 Å². The van der Waals surface area contributed by atoms with Crippen LogP contribution in [-0.4, -0.2) is 13.1 Å². The molecule has 84 valence electrons. The summed E-state index contributed by atoms with van der Waals surface area (Å²) >= 11 is 0. The Hall–Kier alpha value is -1.56. The topological polar surface area (TPSA) is 27.0 Å². The maximum absolute atomic E-state index is 13.3. The molecule has 0 amide bonds. The Balaban J connectivity index is 2.25. The van der Waals surface area contributed by atoms with Crippen molar-refractivity contribution in [3.8, 4) is 6.07 Å². The van der Waals surface area contributed by atoms with Gasteiger partial charge in [0, 0.05) is 18.8 Å². The van der Waals surface area contributed by atoms with Crippen LogP contribution < -0.4 is 4.90 Å². The van der Waals surface area contributed by atoms with E-state index in [1.165, 1.54) is 25.0 Å². The predicted octanol–water partition coefficient (Wildman–Crippen LogP) is 3.08. The molecule has 0 unspecified atom stereocenters. The van der Waals surface area contributed by atoms with Crippen LogP contribution >= 0.6 is 0 Å². The lowest BCUT2D eigenvalue weighted by atomic mass is 10.1. The van der Waals surface area contributed by atoms with E-state index in [0.717, 1.165) is 18.5 Å². The van der Waals surface area contributed by atoms with Gasteiger partial charge in [-0.1, -0.05) is 12.8 Å². The molecule has 1 saturated carbocycles. The molecule has 1 aliphatic rings. The van der Waals surface area contributed by atoms with Gasteiger partial charge in [0.15, 0.2) is 0 Å². The first-order valence-corrected chi connectivity index (χ1v) is 5.64. The number of rotatable bonds is 2. The highest BCUT2D eigenvalue weighted by Crippen LogP contribution is 2.27. The van der Waals surface area contributed by atoms with Crippen LogP contribution in [0.1, 0.15) is 31.2 Å². The van der Waals surface area contributed by atoms with Gasteiger partial charge in [-0.3, -0.25) is 0 Å². The van der Waals surface area contributed by atoms with Gasteiger partial charge in [-0.05, 0) is 31.0 Å². The van der Waals surface area contributed by atoms with Crippen molar-refractivity contribution < 1.29 is 4.39 Å². The minimum Gasteiger partial charge on any atom is -0.371 e. The highest BCUT2D eigenvalue weighted by atomic mass is 19.1. The molecule has 2 rings (SSSR count). The van der Waals surface area contributed by atoms with E-state index >= 15 is 0 Å². The summed E-state index contributed by atoms with van der Waals surface area (Å²) in [5.41, 5.74) is 1.20. The molecule has 0 aliphatic heterocycles. The molecule has 1 aromatic carbocycles. The lowest BCUT2D eigenvalue weighted by Gasteiger charge is -2.26. The van der Waals surface area contributed by atoms with Gasteiger partial charge in [-0.2, -0.15) is 5.26 Å². The fraction of sp³-hybridized carbons (Fsp3) is 0.462. The summed E-state index contributed by atoms with van der Waals surface area (Å²) in [5, 5.41) is 8.80. The van der Waals surface area contributed by atoms with E-state index < -0.39 is 0 Å². The molecule has 0 N–H and O–H groups in total. The summed E-state index contributed by atoms with van der Waals surface area (Å²) in [5.74, 6) is -0.334. The zero-order valence-corrected chi connectivity index (χ0v) is 9.41. The quantitative estimate of drug-likeness (QED) is 0.762. The number of nitriles is 1. The van der Waals surface area contributed by atoms with E-state index in [4.69, 9.17) is 5.26 Å². The fourth-order valence-corrected chi connectivity index (χ4v) is 2.34. The van der Waals surface area contributed by atoms with E-state index in [-0.39, 0.29) is 5.82 Å². The number of hydrogen-bond acceptors (Lipinski definition) is 2. The number of nitrogens with zero attached hydrogens (tertiary/aromatic N) is 2. The Bertz CT molecular complexity index is 416. The normalized spacial score (nSPS) is 16.1. The highest BCUT2D eigenvalue weighted by Gasteiger charge is 2.20. The Kier molecular flexibility index (Phi) is 3.09. The molecule has 0 atom stereocenters. The lowest BCUT2D eigenvalue weighted by molar-refractivity contribution is 0.619. The third-order valence-corrected chi connectivity index (χ3v) is 3.29. The van der Waals surface area contributed by atoms with Gasteiger partial charge in [0.2, 0.25) is 0 Å². The van der Waals surface area contributed by atoms with E-state index in [1.807, 2.05) is 13.1 Å². The van der Waals surface area contributed by atoms with Crippen molar-refractivity contribution in [3.63, 3.8) is 0 Å². The highest BCUT2D eigenvalue weighted by molar-refractivity contribution is 5.52. The smallest absolute Gasteiger partial charge is 0.126 e. The third-order valence-electron chi connectivity index (χ3n) is 3.29. The molecule has 1 aliphatic carbocycles. The zero-order chi connectivity index (χ0) is 11.5. The number of halogens is 1. The van der Waals surface area contributed by atoms with Crippen LogP contribution in [0.3, 0.4) is 0 Å². The minimum absolute atomic E-state index is 0.334. The average molecular weight is 218 g/mol. The molecule has 0 radical (unpaired) electrons. The number of hydrogen-bond donors (Lipinski definition) is 0. The SMILES string of the molecule is CN(c1cc(F)cc(C#N)c1)C1CCCC1. The average Bonchev–Trinajstić information content (AvgIpc) is 2.80. The van der Waals surface area contributed by atoms with Crippen molar-refractivity contribution in [1.82, 2.24) is 0 Å². The Morgan fingerprint density at radius 1 is 1.31 bits per heavy atom. The summed E-state index contributed by atoms with van der Waals surface area (Å²) in [6.07, 6.45) is 4.81. The largest absolute Gasteiger partial charge is 0.371 e. The molecule has 0 spiro atoms. The first-order valence-electron chi connectivity index (χ1n) is 5.64. The molecular formula is C13H15FN2. The fourth-order valence-electron chi connectivity index (χ4n) is 2.34. The molecule has 1 fully saturated rings. The molecule has 16 heavy (non-hydrogen) atoms. The van der Waals surface area contributed by atoms with Crippen molar-refractivity contribution in [2.75, 3.05) is 11.9 Å². The molecule has 3 heteroatoms. The predicted molar refractivity (Wildman–Crippen MR) is 61.8 cm³/mol. The monoisotopic (exact) mass is 218 g/mol. The van der Waals surface area contributed by atoms with Gasteiger partial charge in [-0.25, -0.2) is 4.39 Å². The Morgan fingerprint density at radius 2 is 2.00 bits per heavy atom. The first-order chi connectivity index (χ1) is 7.70. The van der Waals surface area contributed by atoms with Crippen LogP contribution in [0.5, 0.6) is 0 Å². The van der Waals surface area contributed by atoms with Crippen molar-refractivity contribution in [1.29, 1.82) is 5.26 Å².